The van der Waals surface area contributed by atoms with Gasteiger partial charge in [0.1, 0.15) is 5.75 Å². The van der Waals surface area contributed by atoms with Gasteiger partial charge in [-0.15, -0.1) is 0 Å². The van der Waals surface area contributed by atoms with Crippen molar-refractivity contribution in [3.63, 3.8) is 0 Å². The van der Waals surface area contributed by atoms with Crippen molar-refractivity contribution in [1.82, 2.24) is 5.32 Å². The molecule has 106 valence electrons. The van der Waals surface area contributed by atoms with Gasteiger partial charge < -0.3 is 15.8 Å². The lowest BCUT2D eigenvalue weighted by Crippen LogP contribution is -2.29. The molecular weight excluding hydrogens is 264 g/mol. The second kappa shape index (κ2) is 7.91. The molecule has 0 aliphatic rings. The first kappa shape index (κ1) is 15.7. The molecular formula is C13H20N2O3S. The summed E-state index contributed by atoms with van der Waals surface area (Å²) in [5, 5.41) is 2.71. The van der Waals surface area contributed by atoms with E-state index in [0.29, 0.717) is 23.7 Å². The Morgan fingerprint density at radius 2 is 2.21 bits per heavy atom. The molecule has 0 aliphatic carbocycles. The lowest BCUT2D eigenvalue weighted by Gasteiger charge is -2.06. The quantitative estimate of drug-likeness (QED) is 0.574. The number of carbonyl (C=O) groups is 1. The fraction of sp³-hybridized carbons (Fsp3) is 0.462. The van der Waals surface area contributed by atoms with E-state index in [1.807, 2.05) is 6.92 Å². The van der Waals surface area contributed by atoms with E-state index in [1.165, 1.54) is 0 Å². The zero-order valence-electron chi connectivity index (χ0n) is 11.3. The smallest absolute Gasteiger partial charge is 0.233 e. The van der Waals surface area contributed by atoms with E-state index in [9.17, 15) is 9.00 Å². The monoisotopic (exact) mass is 284 g/mol. The van der Waals surface area contributed by atoms with E-state index in [-0.39, 0.29) is 11.7 Å². The first-order chi connectivity index (χ1) is 9.04. The van der Waals surface area contributed by atoms with Gasteiger partial charge in [-0.1, -0.05) is 0 Å². The molecule has 1 aromatic rings. The maximum atomic E-state index is 12.0. The van der Waals surface area contributed by atoms with Crippen molar-refractivity contribution in [3.8, 4) is 0 Å². The number of amides is 1. The van der Waals surface area contributed by atoms with Crippen LogP contribution in [0.5, 0.6) is 0 Å². The molecule has 0 saturated heterocycles. The fourth-order valence-corrected chi connectivity index (χ4v) is 2.52. The van der Waals surface area contributed by atoms with Crippen molar-refractivity contribution in [2.75, 3.05) is 31.7 Å². The normalized spacial score (nSPS) is 12.1. The van der Waals surface area contributed by atoms with Gasteiger partial charge in [0.15, 0.2) is 0 Å². The van der Waals surface area contributed by atoms with Gasteiger partial charge in [-0.3, -0.25) is 9.00 Å². The number of hydrogen-bond acceptors (Lipinski definition) is 4. The van der Waals surface area contributed by atoms with Gasteiger partial charge in [-0.2, -0.15) is 0 Å². The Balaban J connectivity index is 2.45. The SMILES string of the molecule is COCCCNC(=O)CS(=O)c1ccc(N)c(C)c1. The van der Waals surface area contributed by atoms with Crippen LogP contribution in [0.2, 0.25) is 0 Å². The highest BCUT2D eigenvalue weighted by molar-refractivity contribution is 7.85. The molecule has 1 aromatic carbocycles. The van der Waals surface area contributed by atoms with Crippen LogP contribution in [-0.4, -0.2) is 36.1 Å². The summed E-state index contributed by atoms with van der Waals surface area (Å²) in [5.74, 6) is -0.250. The van der Waals surface area contributed by atoms with Crippen molar-refractivity contribution >= 4 is 22.4 Å². The minimum atomic E-state index is -1.34. The maximum absolute atomic E-state index is 12.0. The number of carbonyl (C=O) groups excluding carboxylic acids is 1. The highest BCUT2D eigenvalue weighted by atomic mass is 32.2. The highest BCUT2D eigenvalue weighted by Gasteiger charge is 2.10. The summed E-state index contributed by atoms with van der Waals surface area (Å²) in [5.41, 5.74) is 7.22. The first-order valence-corrected chi connectivity index (χ1v) is 7.36. The molecule has 3 N–H and O–H groups in total. The zero-order valence-corrected chi connectivity index (χ0v) is 12.1. The summed E-state index contributed by atoms with van der Waals surface area (Å²) in [6.07, 6.45) is 0.746. The Morgan fingerprint density at radius 3 is 2.84 bits per heavy atom. The molecule has 1 atom stereocenters. The van der Waals surface area contributed by atoms with E-state index >= 15 is 0 Å². The van der Waals surface area contributed by atoms with Crippen LogP contribution < -0.4 is 11.1 Å². The second-order valence-electron chi connectivity index (χ2n) is 4.20. The maximum Gasteiger partial charge on any atom is 0.233 e. The number of nitrogens with two attached hydrogens (primary N) is 1. The molecule has 5 nitrogen and oxygen atoms in total. The minimum absolute atomic E-state index is 0.0314. The number of benzene rings is 1. The highest BCUT2D eigenvalue weighted by Crippen LogP contribution is 2.15. The topological polar surface area (TPSA) is 81.4 Å². The van der Waals surface area contributed by atoms with E-state index in [2.05, 4.69) is 5.32 Å². The van der Waals surface area contributed by atoms with Crippen LogP contribution >= 0.6 is 0 Å². The summed E-state index contributed by atoms with van der Waals surface area (Å²) in [6, 6.07) is 5.15. The minimum Gasteiger partial charge on any atom is -0.399 e. The van der Waals surface area contributed by atoms with Crippen molar-refractivity contribution in [2.24, 2.45) is 0 Å². The third kappa shape index (κ3) is 5.40. The number of anilines is 1. The van der Waals surface area contributed by atoms with Crippen molar-refractivity contribution in [3.05, 3.63) is 23.8 Å². The molecule has 0 fully saturated rings. The average Bonchev–Trinajstić information content (AvgIpc) is 2.38. The predicted molar refractivity (Wildman–Crippen MR) is 76.4 cm³/mol. The number of nitrogen functional groups attached to an aromatic ring is 1. The molecule has 0 aliphatic heterocycles. The Bertz CT molecular complexity index is 463. The third-order valence-electron chi connectivity index (χ3n) is 2.61. The second-order valence-corrected chi connectivity index (χ2v) is 5.66. The summed E-state index contributed by atoms with van der Waals surface area (Å²) >= 11 is 0. The van der Waals surface area contributed by atoms with Crippen LogP contribution in [-0.2, 0) is 20.3 Å². The molecule has 19 heavy (non-hydrogen) atoms. The third-order valence-corrected chi connectivity index (χ3v) is 3.92. The van der Waals surface area contributed by atoms with Gasteiger partial charge in [-0.25, -0.2) is 0 Å². The van der Waals surface area contributed by atoms with Gasteiger partial charge in [0.05, 0.1) is 10.8 Å². The van der Waals surface area contributed by atoms with Gasteiger partial charge in [0.25, 0.3) is 0 Å². The molecule has 6 heteroatoms. The number of rotatable bonds is 7. The molecule has 1 amide bonds. The van der Waals surface area contributed by atoms with Crippen molar-refractivity contribution < 1.29 is 13.7 Å². The zero-order chi connectivity index (χ0) is 14.3. The Labute approximate surface area is 116 Å². The van der Waals surface area contributed by atoms with Crippen molar-refractivity contribution in [1.29, 1.82) is 0 Å². The lowest BCUT2D eigenvalue weighted by molar-refractivity contribution is -0.118. The fourth-order valence-electron chi connectivity index (χ4n) is 1.49. The number of ether oxygens (including phenoxy) is 1. The van der Waals surface area contributed by atoms with E-state index in [0.717, 1.165) is 12.0 Å². The summed E-state index contributed by atoms with van der Waals surface area (Å²) in [7, 11) is 0.273. The largest absolute Gasteiger partial charge is 0.399 e. The summed E-state index contributed by atoms with van der Waals surface area (Å²) < 4.78 is 16.9. The Morgan fingerprint density at radius 1 is 1.47 bits per heavy atom. The predicted octanol–water partition coefficient (Wildman–Crippen LogP) is 0.838. The van der Waals surface area contributed by atoms with Crippen LogP contribution in [0.1, 0.15) is 12.0 Å². The Kier molecular flexibility index (Phi) is 6.52. The van der Waals surface area contributed by atoms with Crippen LogP contribution in [0.15, 0.2) is 23.1 Å². The standard InChI is InChI=1S/C13H20N2O3S/c1-10-8-11(4-5-12(10)14)19(17)9-13(16)15-6-3-7-18-2/h4-5,8H,3,6-7,9,14H2,1-2H3,(H,15,16). The molecule has 0 aromatic heterocycles. The van der Waals surface area contributed by atoms with E-state index in [1.54, 1.807) is 25.3 Å². The van der Waals surface area contributed by atoms with Gasteiger partial charge >= 0.3 is 0 Å². The summed E-state index contributed by atoms with van der Waals surface area (Å²) in [6.45, 7) is 2.98. The number of aryl methyl sites for hydroxylation is 1. The first-order valence-electron chi connectivity index (χ1n) is 6.04. The molecule has 0 heterocycles. The Hall–Kier alpha value is -1.40. The van der Waals surface area contributed by atoms with E-state index < -0.39 is 10.8 Å². The molecule has 1 unspecified atom stereocenters. The average molecular weight is 284 g/mol. The summed E-state index contributed by atoms with van der Waals surface area (Å²) in [4.78, 5) is 12.2. The lowest BCUT2D eigenvalue weighted by atomic mass is 10.2. The van der Waals surface area contributed by atoms with Crippen LogP contribution in [0.3, 0.4) is 0 Å². The van der Waals surface area contributed by atoms with Crippen LogP contribution in [0, 0.1) is 6.92 Å². The molecule has 0 saturated carbocycles. The van der Waals surface area contributed by atoms with Gasteiger partial charge in [0, 0.05) is 30.8 Å². The van der Waals surface area contributed by atoms with Gasteiger partial charge in [-0.05, 0) is 37.1 Å². The van der Waals surface area contributed by atoms with Crippen LogP contribution in [0.25, 0.3) is 0 Å². The number of methoxy groups -OCH3 is 1. The molecule has 0 radical (unpaired) electrons. The number of hydrogen-bond donors (Lipinski definition) is 2. The van der Waals surface area contributed by atoms with E-state index in [4.69, 9.17) is 10.5 Å². The van der Waals surface area contributed by atoms with Crippen LogP contribution in [0.4, 0.5) is 5.69 Å². The molecule has 0 bridgehead atoms. The van der Waals surface area contributed by atoms with Gasteiger partial charge in [0.2, 0.25) is 5.91 Å². The van der Waals surface area contributed by atoms with Crippen molar-refractivity contribution in [2.45, 2.75) is 18.2 Å². The number of nitrogens with one attached hydrogen (secondary N) is 1. The molecule has 1 rings (SSSR count). The molecule has 0 spiro atoms.